The van der Waals surface area contributed by atoms with Crippen LogP contribution < -0.4 is 11.1 Å². The quantitative estimate of drug-likeness (QED) is 0.817. The molecule has 0 saturated heterocycles. The minimum atomic E-state index is 0.0347. The van der Waals surface area contributed by atoms with Crippen LogP contribution in [-0.4, -0.2) is 30.4 Å². The molecule has 1 aromatic carbocycles. The standard InChI is InChI=1S/C13H20BrN3O/c1-9(2)16-12(18)8-17(3)7-10-5-4-6-11(15)13(10)14/h4-6,9H,7-8,15H2,1-3H3,(H,16,18). The summed E-state index contributed by atoms with van der Waals surface area (Å²) in [6.07, 6.45) is 0. The molecule has 0 atom stereocenters. The van der Waals surface area contributed by atoms with E-state index in [0.717, 1.165) is 10.0 Å². The SMILES string of the molecule is CC(C)NC(=O)CN(C)Cc1cccc(N)c1Br. The number of anilines is 1. The summed E-state index contributed by atoms with van der Waals surface area (Å²) < 4.78 is 0.904. The number of nitrogen functional groups attached to an aromatic ring is 1. The number of carbonyl (C=O) groups is 1. The van der Waals surface area contributed by atoms with Gasteiger partial charge in [0.2, 0.25) is 5.91 Å². The highest BCUT2D eigenvalue weighted by Crippen LogP contribution is 2.24. The summed E-state index contributed by atoms with van der Waals surface area (Å²) in [5.74, 6) is 0.0347. The molecule has 0 heterocycles. The lowest BCUT2D eigenvalue weighted by molar-refractivity contribution is -0.122. The molecule has 0 fully saturated rings. The smallest absolute Gasteiger partial charge is 0.234 e. The van der Waals surface area contributed by atoms with Crippen LogP contribution in [0.15, 0.2) is 22.7 Å². The van der Waals surface area contributed by atoms with E-state index < -0.39 is 0 Å². The van der Waals surface area contributed by atoms with Crippen LogP contribution in [0.2, 0.25) is 0 Å². The van der Waals surface area contributed by atoms with Gasteiger partial charge in [0, 0.05) is 22.7 Å². The van der Waals surface area contributed by atoms with Crippen molar-refractivity contribution in [2.24, 2.45) is 0 Å². The zero-order chi connectivity index (χ0) is 13.7. The van der Waals surface area contributed by atoms with Crippen molar-refractivity contribution in [3.63, 3.8) is 0 Å². The minimum Gasteiger partial charge on any atom is -0.398 e. The Kier molecular flexibility index (Phi) is 5.62. The number of amides is 1. The second kappa shape index (κ2) is 6.75. The lowest BCUT2D eigenvalue weighted by Crippen LogP contribution is -2.38. The van der Waals surface area contributed by atoms with E-state index in [2.05, 4.69) is 21.2 Å². The molecule has 0 radical (unpaired) electrons. The van der Waals surface area contributed by atoms with E-state index in [4.69, 9.17) is 5.73 Å². The number of nitrogens with two attached hydrogens (primary N) is 1. The van der Waals surface area contributed by atoms with E-state index in [1.54, 1.807) is 0 Å². The van der Waals surface area contributed by atoms with Crippen molar-refractivity contribution in [2.45, 2.75) is 26.4 Å². The molecule has 0 bridgehead atoms. The van der Waals surface area contributed by atoms with E-state index in [9.17, 15) is 4.79 Å². The Morgan fingerprint density at radius 2 is 2.17 bits per heavy atom. The number of rotatable bonds is 5. The first kappa shape index (κ1) is 15.0. The summed E-state index contributed by atoms with van der Waals surface area (Å²) >= 11 is 3.46. The van der Waals surface area contributed by atoms with Gasteiger partial charge >= 0.3 is 0 Å². The Balaban J connectivity index is 2.57. The van der Waals surface area contributed by atoms with E-state index in [1.807, 2.05) is 44.0 Å². The van der Waals surface area contributed by atoms with Gasteiger partial charge in [-0.2, -0.15) is 0 Å². The van der Waals surface area contributed by atoms with Crippen LogP contribution in [0.25, 0.3) is 0 Å². The average molecular weight is 314 g/mol. The second-order valence-electron chi connectivity index (χ2n) is 4.71. The van der Waals surface area contributed by atoms with Crippen molar-refractivity contribution < 1.29 is 4.79 Å². The number of carbonyl (C=O) groups excluding carboxylic acids is 1. The zero-order valence-corrected chi connectivity index (χ0v) is 12.6. The lowest BCUT2D eigenvalue weighted by Gasteiger charge is -2.18. The molecule has 1 aromatic rings. The molecule has 18 heavy (non-hydrogen) atoms. The highest BCUT2D eigenvalue weighted by atomic mass is 79.9. The summed E-state index contributed by atoms with van der Waals surface area (Å²) in [7, 11) is 1.91. The fourth-order valence-electron chi connectivity index (χ4n) is 1.68. The minimum absolute atomic E-state index is 0.0347. The maximum atomic E-state index is 11.6. The monoisotopic (exact) mass is 313 g/mol. The Labute approximate surface area is 117 Å². The maximum absolute atomic E-state index is 11.6. The van der Waals surface area contributed by atoms with Crippen LogP contribution in [-0.2, 0) is 11.3 Å². The fraction of sp³-hybridized carbons (Fsp3) is 0.462. The molecule has 0 aliphatic carbocycles. The molecule has 0 unspecified atom stereocenters. The predicted molar refractivity (Wildman–Crippen MR) is 78.2 cm³/mol. The molecule has 3 N–H and O–H groups in total. The van der Waals surface area contributed by atoms with Gasteiger partial charge in [-0.05, 0) is 48.5 Å². The highest BCUT2D eigenvalue weighted by molar-refractivity contribution is 9.10. The summed E-state index contributed by atoms with van der Waals surface area (Å²) in [6.45, 7) is 4.95. The average Bonchev–Trinajstić information content (AvgIpc) is 2.23. The first-order chi connectivity index (χ1) is 8.40. The number of nitrogens with zero attached hydrogens (tertiary/aromatic N) is 1. The molecule has 1 amide bonds. The molecular weight excluding hydrogens is 294 g/mol. The predicted octanol–water partition coefficient (Wildman–Crippen LogP) is 1.99. The Hall–Kier alpha value is -1.07. The van der Waals surface area contributed by atoms with E-state index >= 15 is 0 Å². The van der Waals surface area contributed by atoms with Crippen molar-refractivity contribution in [3.8, 4) is 0 Å². The van der Waals surface area contributed by atoms with Gasteiger partial charge in [0.25, 0.3) is 0 Å². The molecule has 100 valence electrons. The highest BCUT2D eigenvalue weighted by Gasteiger charge is 2.10. The largest absolute Gasteiger partial charge is 0.398 e. The Morgan fingerprint density at radius 3 is 2.78 bits per heavy atom. The summed E-state index contributed by atoms with van der Waals surface area (Å²) in [4.78, 5) is 13.6. The van der Waals surface area contributed by atoms with Crippen LogP contribution in [0.4, 0.5) is 5.69 Å². The van der Waals surface area contributed by atoms with E-state index in [0.29, 0.717) is 18.8 Å². The van der Waals surface area contributed by atoms with Crippen LogP contribution in [0, 0.1) is 0 Å². The molecular formula is C13H20BrN3O. The third kappa shape index (κ3) is 4.66. The first-order valence-corrected chi connectivity index (χ1v) is 6.70. The maximum Gasteiger partial charge on any atom is 0.234 e. The van der Waals surface area contributed by atoms with Gasteiger partial charge in [-0.1, -0.05) is 12.1 Å². The second-order valence-corrected chi connectivity index (χ2v) is 5.51. The van der Waals surface area contributed by atoms with Crippen molar-refractivity contribution in [2.75, 3.05) is 19.3 Å². The normalized spacial score (nSPS) is 11.0. The number of hydrogen-bond acceptors (Lipinski definition) is 3. The third-order valence-electron chi connectivity index (χ3n) is 2.41. The van der Waals surface area contributed by atoms with Gasteiger partial charge in [0.05, 0.1) is 6.54 Å². The van der Waals surface area contributed by atoms with Crippen molar-refractivity contribution in [1.82, 2.24) is 10.2 Å². The summed E-state index contributed by atoms with van der Waals surface area (Å²) in [5, 5.41) is 2.87. The lowest BCUT2D eigenvalue weighted by atomic mass is 10.2. The van der Waals surface area contributed by atoms with Gasteiger partial charge < -0.3 is 11.1 Å². The Bertz CT molecular complexity index is 421. The number of hydrogen-bond donors (Lipinski definition) is 2. The van der Waals surface area contributed by atoms with Gasteiger partial charge in [0.1, 0.15) is 0 Å². The van der Waals surface area contributed by atoms with Crippen LogP contribution in [0.1, 0.15) is 19.4 Å². The first-order valence-electron chi connectivity index (χ1n) is 5.91. The van der Waals surface area contributed by atoms with E-state index in [1.165, 1.54) is 0 Å². The van der Waals surface area contributed by atoms with Crippen molar-refractivity contribution >= 4 is 27.5 Å². The third-order valence-corrected chi connectivity index (χ3v) is 3.38. The van der Waals surface area contributed by atoms with Gasteiger partial charge in [0.15, 0.2) is 0 Å². The van der Waals surface area contributed by atoms with E-state index in [-0.39, 0.29) is 11.9 Å². The molecule has 0 saturated carbocycles. The zero-order valence-electron chi connectivity index (χ0n) is 11.0. The van der Waals surface area contributed by atoms with Gasteiger partial charge in [-0.25, -0.2) is 0 Å². The van der Waals surface area contributed by atoms with Gasteiger partial charge in [-0.15, -0.1) is 0 Å². The number of benzene rings is 1. The van der Waals surface area contributed by atoms with Crippen LogP contribution >= 0.6 is 15.9 Å². The molecule has 0 aliphatic rings. The molecule has 1 rings (SSSR count). The number of halogens is 1. The molecule has 0 spiro atoms. The number of likely N-dealkylation sites (N-methyl/N-ethyl adjacent to an activating group) is 1. The van der Waals surface area contributed by atoms with Crippen LogP contribution in [0.5, 0.6) is 0 Å². The topological polar surface area (TPSA) is 58.4 Å². The van der Waals surface area contributed by atoms with Crippen molar-refractivity contribution in [1.29, 1.82) is 0 Å². The summed E-state index contributed by atoms with van der Waals surface area (Å²) in [6, 6.07) is 5.93. The molecule has 4 nitrogen and oxygen atoms in total. The summed E-state index contributed by atoms with van der Waals surface area (Å²) in [5.41, 5.74) is 7.61. The fourth-order valence-corrected chi connectivity index (χ4v) is 2.07. The Morgan fingerprint density at radius 1 is 1.50 bits per heavy atom. The molecule has 5 heteroatoms. The molecule has 0 aliphatic heterocycles. The van der Waals surface area contributed by atoms with Crippen molar-refractivity contribution in [3.05, 3.63) is 28.2 Å². The van der Waals surface area contributed by atoms with Gasteiger partial charge in [-0.3, -0.25) is 9.69 Å². The number of nitrogens with one attached hydrogen (secondary N) is 1. The molecule has 0 aromatic heterocycles. The van der Waals surface area contributed by atoms with Crippen LogP contribution in [0.3, 0.4) is 0 Å².